The Morgan fingerprint density at radius 1 is 1.44 bits per heavy atom. The Labute approximate surface area is 113 Å². The predicted molar refractivity (Wildman–Crippen MR) is 77.3 cm³/mol. The first-order valence-electron chi connectivity index (χ1n) is 6.97. The van der Waals surface area contributed by atoms with Crippen molar-refractivity contribution in [3.8, 4) is 5.75 Å². The molecule has 1 fully saturated rings. The van der Waals surface area contributed by atoms with Crippen LogP contribution in [0.5, 0.6) is 5.75 Å². The number of benzene rings is 1. The van der Waals surface area contributed by atoms with Gasteiger partial charge in [0.2, 0.25) is 0 Å². The number of thioether (sulfide) groups is 1. The van der Waals surface area contributed by atoms with Gasteiger partial charge < -0.3 is 5.11 Å². The molecule has 3 rings (SSSR count). The molecule has 98 valence electrons. The summed E-state index contributed by atoms with van der Waals surface area (Å²) in [6.07, 6.45) is 3.47. The topological polar surface area (TPSA) is 23.5 Å². The van der Waals surface area contributed by atoms with Gasteiger partial charge in [0, 0.05) is 23.6 Å². The van der Waals surface area contributed by atoms with Crippen LogP contribution in [0.3, 0.4) is 0 Å². The van der Waals surface area contributed by atoms with Crippen molar-refractivity contribution in [1.82, 2.24) is 4.90 Å². The molecule has 0 amide bonds. The van der Waals surface area contributed by atoms with Crippen LogP contribution >= 0.6 is 11.8 Å². The van der Waals surface area contributed by atoms with E-state index in [1.165, 1.54) is 42.8 Å². The Balaban J connectivity index is 1.92. The van der Waals surface area contributed by atoms with E-state index in [4.69, 9.17) is 0 Å². The molecule has 2 nitrogen and oxygen atoms in total. The number of phenolic OH excluding ortho intramolecular Hbond substituents is 1. The third-order valence-electron chi connectivity index (χ3n) is 4.19. The molecule has 1 aromatic rings. The molecule has 18 heavy (non-hydrogen) atoms. The van der Waals surface area contributed by atoms with E-state index >= 15 is 0 Å². The van der Waals surface area contributed by atoms with Gasteiger partial charge in [-0.1, -0.05) is 19.1 Å². The summed E-state index contributed by atoms with van der Waals surface area (Å²) in [6.45, 7) is 4.71. The van der Waals surface area contributed by atoms with Crippen molar-refractivity contribution >= 4 is 11.8 Å². The monoisotopic (exact) mass is 263 g/mol. The minimum atomic E-state index is 0.499. The zero-order chi connectivity index (χ0) is 12.5. The Kier molecular flexibility index (Phi) is 3.53. The van der Waals surface area contributed by atoms with Crippen LogP contribution in [0.4, 0.5) is 0 Å². The van der Waals surface area contributed by atoms with Gasteiger partial charge >= 0.3 is 0 Å². The van der Waals surface area contributed by atoms with E-state index in [0.717, 1.165) is 6.42 Å². The normalized spacial score (nSPS) is 27.6. The molecule has 1 aliphatic carbocycles. The summed E-state index contributed by atoms with van der Waals surface area (Å²) in [6, 6.07) is 6.72. The number of nitrogens with zero attached hydrogens (tertiary/aromatic N) is 1. The van der Waals surface area contributed by atoms with Crippen molar-refractivity contribution in [3.05, 3.63) is 29.3 Å². The van der Waals surface area contributed by atoms with Crippen LogP contribution in [0.1, 0.15) is 36.1 Å². The lowest BCUT2D eigenvalue weighted by molar-refractivity contribution is 0.179. The summed E-state index contributed by atoms with van der Waals surface area (Å²) in [7, 11) is 0. The maximum atomic E-state index is 9.99. The highest BCUT2D eigenvalue weighted by Crippen LogP contribution is 2.46. The van der Waals surface area contributed by atoms with E-state index in [-0.39, 0.29) is 0 Å². The van der Waals surface area contributed by atoms with E-state index in [9.17, 15) is 5.11 Å². The molecule has 1 N–H and O–H groups in total. The fraction of sp³-hybridized carbons (Fsp3) is 0.600. The quantitative estimate of drug-likeness (QED) is 0.886. The first-order chi connectivity index (χ1) is 8.81. The maximum Gasteiger partial charge on any atom is 0.119 e. The third kappa shape index (κ3) is 2.04. The average molecular weight is 263 g/mol. The van der Waals surface area contributed by atoms with E-state index in [1.54, 1.807) is 0 Å². The number of fused-ring (bicyclic) bond motifs is 3. The van der Waals surface area contributed by atoms with Crippen LogP contribution in [0.25, 0.3) is 0 Å². The second-order valence-electron chi connectivity index (χ2n) is 5.28. The van der Waals surface area contributed by atoms with Gasteiger partial charge in [-0.15, -0.1) is 0 Å². The molecule has 0 unspecified atom stereocenters. The fourth-order valence-electron chi connectivity index (χ4n) is 3.38. The number of rotatable bonds is 2. The van der Waals surface area contributed by atoms with Gasteiger partial charge in [-0.3, -0.25) is 4.90 Å². The maximum absolute atomic E-state index is 9.99. The van der Waals surface area contributed by atoms with Gasteiger partial charge in [-0.25, -0.2) is 0 Å². The van der Waals surface area contributed by atoms with Crippen LogP contribution in [-0.2, 0) is 6.42 Å². The summed E-state index contributed by atoms with van der Waals surface area (Å²) < 4.78 is 0. The highest BCUT2D eigenvalue weighted by molar-refractivity contribution is 7.99. The Bertz CT molecular complexity index is 433. The molecule has 0 saturated carbocycles. The first kappa shape index (κ1) is 12.4. The van der Waals surface area contributed by atoms with E-state index in [1.807, 2.05) is 12.1 Å². The number of hydrogen-bond acceptors (Lipinski definition) is 3. The van der Waals surface area contributed by atoms with Crippen molar-refractivity contribution in [2.75, 3.05) is 18.8 Å². The van der Waals surface area contributed by atoms with Gasteiger partial charge in [-0.2, -0.15) is 11.8 Å². The first-order valence-corrected chi connectivity index (χ1v) is 8.02. The lowest BCUT2D eigenvalue weighted by Gasteiger charge is -2.44. The molecule has 1 aliphatic heterocycles. The highest BCUT2D eigenvalue weighted by atomic mass is 32.2. The molecule has 1 heterocycles. The molecule has 0 radical (unpaired) electrons. The van der Waals surface area contributed by atoms with Gasteiger partial charge in [-0.05, 0) is 43.0 Å². The molecule has 1 saturated heterocycles. The minimum absolute atomic E-state index is 0.499. The Morgan fingerprint density at radius 3 is 3.17 bits per heavy atom. The summed E-state index contributed by atoms with van der Waals surface area (Å²) in [5.41, 5.74) is 2.58. The minimum Gasteiger partial charge on any atom is -0.508 e. The third-order valence-corrected chi connectivity index (χ3v) is 5.53. The molecule has 2 atom stereocenters. The Morgan fingerprint density at radius 2 is 2.33 bits per heavy atom. The Hall–Kier alpha value is -0.670. The van der Waals surface area contributed by atoms with Crippen molar-refractivity contribution < 1.29 is 5.11 Å². The van der Waals surface area contributed by atoms with E-state index in [0.29, 0.717) is 17.0 Å². The highest BCUT2D eigenvalue weighted by Gasteiger charge is 2.37. The van der Waals surface area contributed by atoms with Crippen molar-refractivity contribution in [2.45, 2.75) is 37.5 Å². The zero-order valence-corrected chi connectivity index (χ0v) is 11.7. The molecule has 0 aromatic heterocycles. The molecule has 3 heteroatoms. The van der Waals surface area contributed by atoms with Crippen LogP contribution < -0.4 is 0 Å². The molecular formula is C15H21NOS. The smallest absolute Gasteiger partial charge is 0.119 e. The molecule has 0 bridgehead atoms. The van der Waals surface area contributed by atoms with Gasteiger partial charge in [0.05, 0.1) is 0 Å². The van der Waals surface area contributed by atoms with Crippen LogP contribution in [-0.4, -0.2) is 34.9 Å². The fourth-order valence-corrected chi connectivity index (χ4v) is 4.91. The molecule has 1 aromatic carbocycles. The standard InChI is InChI=1S/C15H21NOS/c1-2-8-16-9-10-18-15-12-4-3-5-14(17)11(12)6-7-13(15)16/h3-5,13,15,17H,2,6-10H2,1H3/t13-,15-/m0/s1. The summed E-state index contributed by atoms with van der Waals surface area (Å²) in [5.74, 6) is 1.72. The summed E-state index contributed by atoms with van der Waals surface area (Å²) in [4.78, 5) is 2.66. The SMILES string of the molecule is CCCN1CCS[C@H]2c3cccc(O)c3CC[C@@H]21. The van der Waals surface area contributed by atoms with Crippen LogP contribution in [0.2, 0.25) is 0 Å². The second-order valence-corrected chi connectivity index (χ2v) is 6.53. The molecule has 0 spiro atoms. The van der Waals surface area contributed by atoms with Gasteiger partial charge in [0.1, 0.15) is 5.75 Å². The predicted octanol–water partition coefficient (Wildman–Crippen LogP) is 3.21. The average Bonchev–Trinajstić information content (AvgIpc) is 2.40. The van der Waals surface area contributed by atoms with Gasteiger partial charge in [0.15, 0.2) is 0 Å². The van der Waals surface area contributed by atoms with Crippen molar-refractivity contribution in [3.63, 3.8) is 0 Å². The lowest BCUT2D eigenvalue weighted by atomic mass is 9.86. The second kappa shape index (κ2) is 5.14. The number of phenols is 1. The van der Waals surface area contributed by atoms with E-state index in [2.05, 4.69) is 29.7 Å². The summed E-state index contributed by atoms with van der Waals surface area (Å²) >= 11 is 2.08. The van der Waals surface area contributed by atoms with Crippen molar-refractivity contribution in [1.29, 1.82) is 0 Å². The van der Waals surface area contributed by atoms with Gasteiger partial charge in [0.25, 0.3) is 0 Å². The van der Waals surface area contributed by atoms with Crippen molar-refractivity contribution in [2.24, 2.45) is 0 Å². The molecular weight excluding hydrogens is 242 g/mol. The number of aromatic hydroxyl groups is 1. The molecule has 2 aliphatic rings. The lowest BCUT2D eigenvalue weighted by Crippen LogP contribution is -2.46. The van der Waals surface area contributed by atoms with E-state index < -0.39 is 0 Å². The number of hydrogen-bond donors (Lipinski definition) is 1. The summed E-state index contributed by atoms with van der Waals surface area (Å²) in [5, 5.41) is 10.6. The van der Waals surface area contributed by atoms with Crippen LogP contribution in [0, 0.1) is 0 Å². The zero-order valence-electron chi connectivity index (χ0n) is 10.9. The van der Waals surface area contributed by atoms with Crippen LogP contribution in [0.15, 0.2) is 18.2 Å². The largest absolute Gasteiger partial charge is 0.508 e.